The number of hydrogen-bond acceptors (Lipinski definition) is 3. The van der Waals surface area contributed by atoms with Gasteiger partial charge in [-0.15, -0.1) is 0 Å². The summed E-state index contributed by atoms with van der Waals surface area (Å²) in [5.74, 6) is 5.39. The first-order valence-corrected chi connectivity index (χ1v) is 8.90. The molecule has 6 heteroatoms. The van der Waals surface area contributed by atoms with E-state index < -0.39 is 5.91 Å². The molecule has 0 unspecified atom stereocenters. The van der Waals surface area contributed by atoms with Crippen LogP contribution in [0.3, 0.4) is 0 Å². The van der Waals surface area contributed by atoms with Gasteiger partial charge in [0.25, 0.3) is 5.91 Å². The average Bonchev–Trinajstić information content (AvgIpc) is 2.64. The third-order valence-electron chi connectivity index (χ3n) is 3.92. The molecular formula is C22H25N3O3. The fourth-order valence-corrected chi connectivity index (χ4v) is 2.38. The Labute approximate surface area is 165 Å². The molecule has 0 aliphatic rings. The zero-order valence-electron chi connectivity index (χ0n) is 16.3. The molecule has 3 amide bonds. The zero-order chi connectivity index (χ0) is 20.6. The second kappa shape index (κ2) is 9.47. The van der Waals surface area contributed by atoms with Crippen LogP contribution in [0.1, 0.15) is 36.7 Å². The van der Waals surface area contributed by atoms with E-state index >= 15 is 0 Å². The molecule has 0 aliphatic carbocycles. The molecule has 28 heavy (non-hydrogen) atoms. The normalized spacial score (nSPS) is 10.4. The Balaban J connectivity index is 1.75. The van der Waals surface area contributed by atoms with Gasteiger partial charge in [-0.2, -0.15) is 0 Å². The highest BCUT2D eigenvalue weighted by Crippen LogP contribution is 2.23. The Bertz CT molecular complexity index is 888. The van der Waals surface area contributed by atoms with Crippen molar-refractivity contribution in [2.24, 2.45) is 5.73 Å². The Morgan fingerprint density at radius 2 is 1.71 bits per heavy atom. The van der Waals surface area contributed by atoms with Crippen LogP contribution in [0.4, 0.5) is 10.5 Å². The minimum atomic E-state index is -0.558. The van der Waals surface area contributed by atoms with E-state index in [0.29, 0.717) is 17.0 Å². The molecule has 0 heterocycles. The van der Waals surface area contributed by atoms with Crippen LogP contribution in [0.15, 0.2) is 48.5 Å². The van der Waals surface area contributed by atoms with Gasteiger partial charge >= 0.3 is 6.03 Å². The Morgan fingerprint density at radius 3 is 2.36 bits per heavy atom. The summed E-state index contributed by atoms with van der Waals surface area (Å²) in [7, 11) is 0. The van der Waals surface area contributed by atoms with E-state index in [1.807, 2.05) is 24.3 Å². The fourth-order valence-electron chi connectivity index (χ4n) is 2.38. The van der Waals surface area contributed by atoms with Gasteiger partial charge < -0.3 is 21.1 Å². The zero-order valence-corrected chi connectivity index (χ0v) is 16.3. The first-order chi connectivity index (χ1) is 13.3. The lowest BCUT2D eigenvalue weighted by atomic mass is 9.87. The topological polar surface area (TPSA) is 93.4 Å². The number of amides is 3. The van der Waals surface area contributed by atoms with E-state index in [0.717, 1.165) is 0 Å². The van der Waals surface area contributed by atoms with Crippen LogP contribution in [-0.4, -0.2) is 25.1 Å². The van der Waals surface area contributed by atoms with E-state index in [2.05, 4.69) is 43.2 Å². The van der Waals surface area contributed by atoms with Crippen LogP contribution >= 0.6 is 0 Å². The molecule has 0 radical (unpaired) electrons. The van der Waals surface area contributed by atoms with Gasteiger partial charge in [0.15, 0.2) is 0 Å². The summed E-state index contributed by atoms with van der Waals surface area (Å²) in [6, 6.07) is 14.1. The minimum Gasteiger partial charge on any atom is -0.480 e. The van der Waals surface area contributed by atoms with Crippen molar-refractivity contribution in [2.75, 3.05) is 18.5 Å². The third-order valence-corrected chi connectivity index (χ3v) is 3.92. The molecule has 0 aliphatic heterocycles. The molecule has 0 fully saturated rings. The van der Waals surface area contributed by atoms with E-state index in [1.165, 1.54) is 5.56 Å². The highest BCUT2D eigenvalue weighted by molar-refractivity contribution is 5.95. The van der Waals surface area contributed by atoms with Crippen molar-refractivity contribution >= 4 is 17.6 Å². The van der Waals surface area contributed by atoms with Crippen molar-refractivity contribution < 1.29 is 14.3 Å². The summed E-state index contributed by atoms with van der Waals surface area (Å²) in [6.07, 6.45) is 0. The molecule has 0 atom stereocenters. The number of ether oxygens (including phenoxy) is 1. The van der Waals surface area contributed by atoms with E-state index in [1.54, 1.807) is 24.3 Å². The summed E-state index contributed by atoms with van der Waals surface area (Å²) >= 11 is 0. The fraction of sp³-hybridized carbons (Fsp3) is 0.273. The molecule has 6 nitrogen and oxygen atoms in total. The Hall–Kier alpha value is -3.46. The first-order valence-electron chi connectivity index (χ1n) is 8.90. The molecule has 4 N–H and O–H groups in total. The lowest BCUT2D eigenvalue weighted by Crippen LogP contribution is -2.29. The Morgan fingerprint density at radius 1 is 1.04 bits per heavy atom. The smallest absolute Gasteiger partial charge is 0.319 e. The third kappa shape index (κ3) is 6.36. The number of urea groups is 1. The lowest BCUT2D eigenvalue weighted by molar-refractivity contribution is 0.0997. The monoisotopic (exact) mass is 379 g/mol. The molecule has 2 aromatic rings. The van der Waals surface area contributed by atoms with Crippen LogP contribution in [0.2, 0.25) is 0 Å². The molecule has 2 aromatic carbocycles. The van der Waals surface area contributed by atoms with Crippen LogP contribution in [0.5, 0.6) is 5.75 Å². The highest BCUT2D eigenvalue weighted by Gasteiger charge is 2.13. The number of primary amides is 1. The second-order valence-corrected chi connectivity index (χ2v) is 7.14. The number of carbonyl (C=O) groups excluding carboxylic acids is 2. The standard InChI is InChI=1S/C22H25N3O3/c1-22(2,3)16-10-12-17(13-11-16)25-21(27)24-14-6-7-15-28-19-9-5-4-8-18(19)20(23)26/h4-5,8-13H,14-15H2,1-3H3,(H2,23,26)(H2,24,25,27). The Kier molecular flexibility index (Phi) is 7.05. The van der Waals surface area contributed by atoms with Crippen molar-refractivity contribution in [3.8, 4) is 17.6 Å². The van der Waals surface area contributed by atoms with Crippen LogP contribution in [0.25, 0.3) is 0 Å². The van der Waals surface area contributed by atoms with Crippen molar-refractivity contribution in [1.82, 2.24) is 5.32 Å². The maximum Gasteiger partial charge on any atom is 0.319 e. The number of nitrogens with one attached hydrogen (secondary N) is 2. The van der Waals surface area contributed by atoms with Gasteiger partial charge in [0.2, 0.25) is 0 Å². The van der Waals surface area contributed by atoms with E-state index in [-0.39, 0.29) is 24.6 Å². The summed E-state index contributed by atoms with van der Waals surface area (Å²) < 4.78 is 5.44. The molecule has 0 saturated carbocycles. The van der Waals surface area contributed by atoms with Crippen LogP contribution < -0.4 is 21.1 Å². The number of anilines is 1. The van der Waals surface area contributed by atoms with Gasteiger partial charge in [-0.1, -0.05) is 56.9 Å². The first kappa shape index (κ1) is 20.8. The van der Waals surface area contributed by atoms with Gasteiger partial charge in [0.05, 0.1) is 12.1 Å². The maximum absolute atomic E-state index is 11.9. The second-order valence-electron chi connectivity index (χ2n) is 7.14. The number of benzene rings is 2. The summed E-state index contributed by atoms with van der Waals surface area (Å²) in [6.45, 7) is 6.67. The molecule has 0 aromatic heterocycles. The van der Waals surface area contributed by atoms with E-state index in [4.69, 9.17) is 10.5 Å². The van der Waals surface area contributed by atoms with Gasteiger partial charge in [-0.3, -0.25) is 4.79 Å². The largest absolute Gasteiger partial charge is 0.480 e. The predicted molar refractivity (Wildman–Crippen MR) is 110 cm³/mol. The minimum absolute atomic E-state index is 0.0659. The number of carbonyl (C=O) groups is 2. The van der Waals surface area contributed by atoms with Crippen molar-refractivity contribution in [3.05, 3.63) is 59.7 Å². The van der Waals surface area contributed by atoms with E-state index in [9.17, 15) is 9.59 Å². The van der Waals surface area contributed by atoms with Gasteiger partial charge in [-0.25, -0.2) is 4.79 Å². The molecule has 0 spiro atoms. The molecular weight excluding hydrogens is 354 g/mol. The van der Waals surface area contributed by atoms with Gasteiger partial charge in [0.1, 0.15) is 12.4 Å². The summed E-state index contributed by atoms with van der Waals surface area (Å²) in [5.41, 5.74) is 7.56. The molecule has 146 valence electrons. The predicted octanol–water partition coefficient (Wildman–Crippen LogP) is 3.29. The van der Waals surface area contributed by atoms with Crippen LogP contribution in [0, 0.1) is 11.8 Å². The number of nitrogens with two attached hydrogens (primary N) is 1. The molecule has 2 rings (SSSR count). The lowest BCUT2D eigenvalue weighted by Gasteiger charge is -2.19. The molecule has 0 bridgehead atoms. The van der Waals surface area contributed by atoms with Gasteiger partial charge in [-0.05, 0) is 35.2 Å². The summed E-state index contributed by atoms with van der Waals surface area (Å²) in [4.78, 5) is 23.2. The number of rotatable bonds is 5. The number of para-hydroxylation sites is 1. The average molecular weight is 379 g/mol. The molecule has 0 saturated heterocycles. The van der Waals surface area contributed by atoms with Gasteiger partial charge in [0, 0.05) is 5.69 Å². The van der Waals surface area contributed by atoms with Crippen molar-refractivity contribution in [2.45, 2.75) is 26.2 Å². The van der Waals surface area contributed by atoms with Crippen molar-refractivity contribution in [1.29, 1.82) is 0 Å². The summed E-state index contributed by atoms with van der Waals surface area (Å²) in [5, 5.41) is 5.41. The van der Waals surface area contributed by atoms with Crippen molar-refractivity contribution in [3.63, 3.8) is 0 Å². The quantitative estimate of drug-likeness (QED) is 0.696. The highest BCUT2D eigenvalue weighted by atomic mass is 16.5. The SMILES string of the molecule is CC(C)(C)c1ccc(NC(=O)NCC#CCOc2ccccc2C(N)=O)cc1. The maximum atomic E-state index is 11.9. The van der Waals surface area contributed by atoms with Crippen LogP contribution in [-0.2, 0) is 5.41 Å². The number of hydrogen-bond donors (Lipinski definition) is 3.